The molecule has 2 saturated heterocycles. The zero-order chi connectivity index (χ0) is 26.8. The van der Waals surface area contributed by atoms with E-state index >= 15 is 0 Å². The highest BCUT2D eigenvalue weighted by atomic mass is 79.9. The number of esters is 1. The van der Waals surface area contributed by atoms with E-state index in [1.165, 1.54) is 36.4 Å². The molecule has 0 bridgehead atoms. The van der Waals surface area contributed by atoms with Gasteiger partial charge in [-0.05, 0) is 48.9 Å². The van der Waals surface area contributed by atoms with Crippen LogP contribution < -0.4 is 4.90 Å². The molecule has 9 heteroatoms. The number of imide groups is 1. The predicted molar refractivity (Wildman–Crippen MR) is 138 cm³/mol. The number of ketones is 2. The van der Waals surface area contributed by atoms with Crippen molar-refractivity contribution in [2.24, 2.45) is 11.8 Å². The van der Waals surface area contributed by atoms with Gasteiger partial charge < -0.3 is 9.47 Å². The van der Waals surface area contributed by atoms with Gasteiger partial charge in [-0.3, -0.25) is 19.2 Å². The van der Waals surface area contributed by atoms with Gasteiger partial charge in [0.05, 0.1) is 35.8 Å². The second-order valence-electron chi connectivity index (χ2n) is 9.31. The van der Waals surface area contributed by atoms with E-state index in [1.807, 2.05) is 0 Å². The van der Waals surface area contributed by atoms with Crippen LogP contribution in [0.25, 0.3) is 0 Å². The Morgan fingerprint density at radius 1 is 0.895 bits per heavy atom. The van der Waals surface area contributed by atoms with Gasteiger partial charge in [-0.15, -0.1) is 0 Å². The molecule has 3 aromatic carbocycles. The second kappa shape index (κ2) is 8.82. The van der Waals surface area contributed by atoms with Crippen molar-refractivity contribution < 1.29 is 33.4 Å². The quantitative estimate of drug-likeness (QED) is 0.260. The number of anilines is 1. The van der Waals surface area contributed by atoms with Gasteiger partial charge in [0, 0.05) is 15.6 Å². The van der Waals surface area contributed by atoms with Gasteiger partial charge in [-0.25, -0.2) is 9.69 Å². The maximum atomic E-state index is 14.0. The number of ether oxygens (including phenoxy) is 2. The van der Waals surface area contributed by atoms with Crippen molar-refractivity contribution in [1.29, 1.82) is 0 Å². The lowest BCUT2D eigenvalue weighted by molar-refractivity contribution is -0.127. The zero-order valence-electron chi connectivity index (χ0n) is 20.1. The number of Topliss-reactive ketones (excluding diaryl/α,β-unsaturated/α-hetero) is 2. The van der Waals surface area contributed by atoms with Crippen LogP contribution in [-0.2, 0) is 19.1 Å². The molecule has 2 fully saturated rings. The van der Waals surface area contributed by atoms with E-state index < -0.39 is 52.9 Å². The van der Waals surface area contributed by atoms with Crippen LogP contribution in [0.2, 0.25) is 0 Å². The first-order chi connectivity index (χ1) is 18.3. The summed E-state index contributed by atoms with van der Waals surface area (Å²) in [5, 5.41) is 0. The third-order valence-corrected chi connectivity index (χ3v) is 7.88. The molecule has 2 aliphatic heterocycles. The highest BCUT2D eigenvalue weighted by Crippen LogP contribution is 2.57. The zero-order valence-corrected chi connectivity index (χ0v) is 21.6. The lowest BCUT2D eigenvalue weighted by atomic mass is 9.77. The van der Waals surface area contributed by atoms with Crippen LogP contribution in [0, 0.1) is 11.8 Å². The van der Waals surface area contributed by atoms with Gasteiger partial charge in [-0.1, -0.05) is 52.3 Å². The van der Waals surface area contributed by atoms with Crippen molar-refractivity contribution in [2.75, 3.05) is 11.5 Å². The molecule has 1 aliphatic carbocycles. The number of benzene rings is 3. The summed E-state index contributed by atoms with van der Waals surface area (Å²) in [5.41, 5.74) is -0.743. The molecule has 3 aromatic rings. The van der Waals surface area contributed by atoms with E-state index in [4.69, 9.17) is 9.47 Å². The number of halogens is 1. The molecule has 0 aromatic heterocycles. The maximum Gasteiger partial charge on any atom is 0.338 e. The van der Waals surface area contributed by atoms with Crippen molar-refractivity contribution in [3.63, 3.8) is 0 Å². The van der Waals surface area contributed by atoms with E-state index in [-0.39, 0.29) is 29.0 Å². The van der Waals surface area contributed by atoms with Crippen LogP contribution in [-0.4, -0.2) is 41.6 Å². The molecular formula is C29H20BrNO7. The molecule has 38 heavy (non-hydrogen) atoms. The van der Waals surface area contributed by atoms with E-state index in [2.05, 4.69) is 15.9 Å². The van der Waals surface area contributed by atoms with Crippen molar-refractivity contribution in [3.8, 4) is 0 Å². The molecule has 0 radical (unpaired) electrons. The highest BCUT2D eigenvalue weighted by Gasteiger charge is 2.74. The summed E-state index contributed by atoms with van der Waals surface area (Å²) in [4.78, 5) is 68.5. The first kappa shape index (κ1) is 24.4. The minimum absolute atomic E-state index is 0.171. The van der Waals surface area contributed by atoms with Gasteiger partial charge in [0.25, 0.3) is 0 Å². The SMILES string of the molecule is CCOC(=O)c1ccc(N2C(=O)[C@H]3[C@@H](C2=O)C2(O[C@H]3c3ccc(Br)cc3)C(=O)c3ccccc3C2=O)cc1. The number of fused-ring (bicyclic) bond motifs is 3. The number of hydrogen-bond donors (Lipinski definition) is 0. The number of carbonyl (C=O) groups excluding carboxylic acids is 5. The summed E-state index contributed by atoms with van der Waals surface area (Å²) in [6, 6.07) is 19.2. The fourth-order valence-electron chi connectivity index (χ4n) is 5.69. The fourth-order valence-corrected chi connectivity index (χ4v) is 5.95. The number of amides is 2. The van der Waals surface area contributed by atoms with E-state index in [0.717, 1.165) is 9.37 Å². The Hall–Kier alpha value is -3.95. The number of rotatable bonds is 4. The first-order valence-electron chi connectivity index (χ1n) is 12.1. The molecular weight excluding hydrogens is 554 g/mol. The Balaban J connectivity index is 1.46. The van der Waals surface area contributed by atoms with Gasteiger partial charge in [0.1, 0.15) is 0 Å². The Bertz CT molecular complexity index is 1490. The van der Waals surface area contributed by atoms with Crippen molar-refractivity contribution >= 4 is 51.0 Å². The van der Waals surface area contributed by atoms with Crippen LogP contribution in [0.1, 0.15) is 49.7 Å². The number of hydrogen-bond acceptors (Lipinski definition) is 7. The summed E-state index contributed by atoms with van der Waals surface area (Å²) >= 11 is 3.38. The topological polar surface area (TPSA) is 107 Å². The molecule has 0 N–H and O–H groups in total. The summed E-state index contributed by atoms with van der Waals surface area (Å²) < 4.78 is 12.1. The second-order valence-corrected chi connectivity index (χ2v) is 10.2. The maximum absolute atomic E-state index is 14.0. The number of nitrogens with zero attached hydrogens (tertiary/aromatic N) is 1. The summed E-state index contributed by atoms with van der Waals surface area (Å²) in [6.07, 6.45) is -1.00. The van der Waals surface area contributed by atoms with Crippen LogP contribution in [0.3, 0.4) is 0 Å². The van der Waals surface area contributed by atoms with Gasteiger partial charge in [-0.2, -0.15) is 0 Å². The lowest BCUT2D eigenvalue weighted by Crippen LogP contribution is -2.51. The minimum Gasteiger partial charge on any atom is -0.462 e. The summed E-state index contributed by atoms with van der Waals surface area (Å²) in [6.45, 7) is 1.90. The molecule has 1 spiro atoms. The van der Waals surface area contributed by atoms with Gasteiger partial charge in [0.15, 0.2) is 0 Å². The molecule has 2 amide bonds. The van der Waals surface area contributed by atoms with Gasteiger partial charge >= 0.3 is 5.97 Å². The summed E-state index contributed by atoms with van der Waals surface area (Å²) in [7, 11) is 0. The molecule has 0 unspecified atom stereocenters. The standard InChI is InChI=1S/C29H20BrNO7/c1-2-37-28(36)16-9-13-18(14-10-16)31-26(34)21-22(27(31)35)29(38-23(21)15-7-11-17(30)12-8-15)24(32)19-5-3-4-6-20(19)25(29)33/h3-14,21-23H,2H2,1H3/t21-,22-,23-/m0/s1. The van der Waals surface area contributed by atoms with E-state index in [0.29, 0.717) is 5.56 Å². The van der Waals surface area contributed by atoms with E-state index in [9.17, 15) is 24.0 Å². The molecule has 8 nitrogen and oxygen atoms in total. The Morgan fingerprint density at radius 3 is 2.08 bits per heavy atom. The molecule has 0 saturated carbocycles. The molecule has 3 atom stereocenters. The fraction of sp³-hybridized carbons (Fsp3) is 0.207. The third-order valence-electron chi connectivity index (χ3n) is 7.35. The first-order valence-corrected chi connectivity index (χ1v) is 12.9. The average Bonchev–Trinajstić information content (AvgIpc) is 3.49. The number of carbonyl (C=O) groups is 5. The smallest absolute Gasteiger partial charge is 0.338 e. The molecule has 3 aliphatic rings. The Morgan fingerprint density at radius 2 is 1.50 bits per heavy atom. The van der Waals surface area contributed by atoms with Crippen LogP contribution >= 0.6 is 15.9 Å². The van der Waals surface area contributed by atoms with Gasteiger partial charge in [0.2, 0.25) is 29.0 Å². The predicted octanol–water partition coefficient (Wildman–Crippen LogP) is 4.32. The highest BCUT2D eigenvalue weighted by molar-refractivity contribution is 9.10. The van der Waals surface area contributed by atoms with E-state index in [1.54, 1.807) is 43.3 Å². The Kier molecular flexibility index (Phi) is 5.66. The van der Waals surface area contributed by atoms with Crippen molar-refractivity contribution in [2.45, 2.75) is 18.6 Å². The average molecular weight is 574 g/mol. The molecule has 190 valence electrons. The van der Waals surface area contributed by atoms with Crippen molar-refractivity contribution in [3.05, 3.63) is 99.5 Å². The lowest BCUT2D eigenvalue weighted by Gasteiger charge is -2.27. The normalized spacial score (nSPS) is 23.2. The largest absolute Gasteiger partial charge is 0.462 e. The van der Waals surface area contributed by atoms with Crippen LogP contribution in [0.5, 0.6) is 0 Å². The Labute approximate surface area is 225 Å². The summed E-state index contributed by atoms with van der Waals surface area (Å²) in [5.74, 6) is -5.49. The monoisotopic (exact) mass is 573 g/mol. The van der Waals surface area contributed by atoms with Crippen LogP contribution in [0.15, 0.2) is 77.3 Å². The molecule has 6 rings (SSSR count). The molecule has 2 heterocycles. The third kappa shape index (κ3) is 3.28. The van der Waals surface area contributed by atoms with Crippen molar-refractivity contribution in [1.82, 2.24) is 0 Å². The minimum atomic E-state index is -2.14. The van der Waals surface area contributed by atoms with Crippen LogP contribution in [0.4, 0.5) is 5.69 Å².